The van der Waals surface area contributed by atoms with Crippen LogP contribution in [0.15, 0.2) is 12.5 Å². The van der Waals surface area contributed by atoms with E-state index in [1.807, 2.05) is 17.9 Å². The standard InChI is InChI=1S/C10H17N3/c1-3-9-8(4-5-11-9)10-6-13(2)7-12-10/h6-9,11H,3-5H2,1-2H3. The second-order valence-electron chi connectivity index (χ2n) is 3.83. The molecule has 13 heavy (non-hydrogen) atoms. The Morgan fingerprint density at radius 3 is 3.15 bits per heavy atom. The fourth-order valence-corrected chi connectivity index (χ4v) is 2.18. The number of rotatable bonds is 2. The third-order valence-corrected chi connectivity index (χ3v) is 2.89. The Balaban J connectivity index is 2.15. The molecule has 2 heterocycles. The van der Waals surface area contributed by atoms with Gasteiger partial charge in [-0.3, -0.25) is 0 Å². The molecule has 1 N–H and O–H groups in total. The summed E-state index contributed by atoms with van der Waals surface area (Å²) in [4.78, 5) is 4.42. The highest BCUT2D eigenvalue weighted by Gasteiger charge is 2.27. The maximum absolute atomic E-state index is 4.42. The molecule has 0 spiro atoms. The molecular formula is C10H17N3. The second-order valence-corrected chi connectivity index (χ2v) is 3.83. The number of nitrogens with one attached hydrogen (secondary N) is 1. The molecule has 3 heteroatoms. The summed E-state index contributed by atoms with van der Waals surface area (Å²) in [5.74, 6) is 0.631. The minimum absolute atomic E-state index is 0.631. The zero-order chi connectivity index (χ0) is 9.26. The van der Waals surface area contributed by atoms with E-state index in [0.29, 0.717) is 12.0 Å². The van der Waals surface area contributed by atoms with E-state index in [9.17, 15) is 0 Å². The van der Waals surface area contributed by atoms with Crippen LogP contribution in [0.4, 0.5) is 0 Å². The van der Waals surface area contributed by atoms with Gasteiger partial charge in [0.15, 0.2) is 0 Å². The molecule has 1 aromatic rings. The SMILES string of the molecule is CCC1NCCC1c1cn(C)cn1. The van der Waals surface area contributed by atoms with Crippen molar-refractivity contribution in [1.29, 1.82) is 0 Å². The van der Waals surface area contributed by atoms with Crippen molar-refractivity contribution in [3.63, 3.8) is 0 Å². The van der Waals surface area contributed by atoms with Crippen LogP contribution in [-0.4, -0.2) is 22.1 Å². The van der Waals surface area contributed by atoms with Gasteiger partial charge in [-0.25, -0.2) is 4.98 Å². The monoisotopic (exact) mass is 179 g/mol. The molecule has 0 aliphatic carbocycles. The fourth-order valence-electron chi connectivity index (χ4n) is 2.18. The zero-order valence-electron chi connectivity index (χ0n) is 8.33. The molecule has 1 aliphatic heterocycles. The molecule has 0 radical (unpaired) electrons. The first-order chi connectivity index (χ1) is 6.31. The van der Waals surface area contributed by atoms with Gasteiger partial charge in [-0.2, -0.15) is 0 Å². The summed E-state index contributed by atoms with van der Waals surface area (Å²) in [6.45, 7) is 3.37. The summed E-state index contributed by atoms with van der Waals surface area (Å²) >= 11 is 0. The predicted octanol–water partition coefficient (Wildman–Crippen LogP) is 1.28. The van der Waals surface area contributed by atoms with E-state index in [-0.39, 0.29) is 0 Å². The van der Waals surface area contributed by atoms with Crippen molar-refractivity contribution < 1.29 is 0 Å². The molecule has 0 aromatic carbocycles. The first-order valence-electron chi connectivity index (χ1n) is 5.02. The van der Waals surface area contributed by atoms with E-state index < -0.39 is 0 Å². The summed E-state index contributed by atoms with van der Waals surface area (Å²) in [5.41, 5.74) is 1.25. The van der Waals surface area contributed by atoms with Crippen LogP contribution in [0.2, 0.25) is 0 Å². The van der Waals surface area contributed by atoms with Crippen molar-refractivity contribution in [3.05, 3.63) is 18.2 Å². The summed E-state index contributed by atoms with van der Waals surface area (Å²) in [5, 5.41) is 3.51. The van der Waals surface area contributed by atoms with Crippen LogP contribution >= 0.6 is 0 Å². The topological polar surface area (TPSA) is 29.9 Å². The molecule has 1 fully saturated rings. The average molecular weight is 179 g/mol. The smallest absolute Gasteiger partial charge is 0.0946 e. The van der Waals surface area contributed by atoms with Gasteiger partial charge in [0.1, 0.15) is 0 Å². The molecule has 1 aliphatic rings. The van der Waals surface area contributed by atoms with Crippen molar-refractivity contribution in [2.75, 3.05) is 6.54 Å². The lowest BCUT2D eigenvalue weighted by Gasteiger charge is -2.15. The van der Waals surface area contributed by atoms with Crippen molar-refractivity contribution >= 4 is 0 Å². The molecule has 2 rings (SSSR count). The van der Waals surface area contributed by atoms with Crippen LogP contribution in [0.3, 0.4) is 0 Å². The Hall–Kier alpha value is -0.830. The molecule has 0 saturated carbocycles. The van der Waals surface area contributed by atoms with E-state index in [4.69, 9.17) is 0 Å². The number of imidazole rings is 1. The second kappa shape index (κ2) is 3.50. The number of aryl methyl sites for hydroxylation is 1. The highest BCUT2D eigenvalue weighted by Crippen LogP contribution is 2.27. The van der Waals surface area contributed by atoms with Crippen LogP contribution in [-0.2, 0) is 7.05 Å². The quantitative estimate of drug-likeness (QED) is 0.741. The van der Waals surface area contributed by atoms with Gasteiger partial charge in [-0.05, 0) is 19.4 Å². The zero-order valence-corrected chi connectivity index (χ0v) is 8.33. The summed E-state index contributed by atoms with van der Waals surface area (Å²) in [6, 6.07) is 0.634. The van der Waals surface area contributed by atoms with Crippen molar-refractivity contribution in [2.45, 2.75) is 31.7 Å². The molecule has 2 unspecified atom stereocenters. The lowest BCUT2D eigenvalue weighted by Crippen LogP contribution is -2.24. The molecule has 2 atom stereocenters. The van der Waals surface area contributed by atoms with Crippen molar-refractivity contribution in [1.82, 2.24) is 14.9 Å². The van der Waals surface area contributed by atoms with Gasteiger partial charge in [0, 0.05) is 25.2 Å². The van der Waals surface area contributed by atoms with Crippen LogP contribution in [0.5, 0.6) is 0 Å². The Morgan fingerprint density at radius 2 is 2.54 bits per heavy atom. The highest BCUT2D eigenvalue weighted by molar-refractivity contribution is 5.10. The third-order valence-electron chi connectivity index (χ3n) is 2.89. The highest BCUT2D eigenvalue weighted by atomic mass is 15.0. The largest absolute Gasteiger partial charge is 0.340 e. The molecular weight excluding hydrogens is 162 g/mol. The van der Waals surface area contributed by atoms with E-state index in [1.54, 1.807) is 0 Å². The van der Waals surface area contributed by atoms with Crippen molar-refractivity contribution in [2.24, 2.45) is 7.05 Å². The molecule has 1 aromatic heterocycles. The Bertz CT molecular complexity index is 279. The minimum atomic E-state index is 0.631. The summed E-state index contributed by atoms with van der Waals surface area (Å²) in [7, 11) is 2.03. The molecule has 3 nitrogen and oxygen atoms in total. The van der Waals surface area contributed by atoms with Gasteiger partial charge in [-0.15, -0.1) is 0 Å². The van der Waals surface area contributed by atoms with Gasteiger partial charge in [0.05, 0.1) is 12.0 Å². The maximum atomic E-state index is 4.42. The average Bonchev–Trinajstić information content (AvgIpc) is 2.71. The van der Waals surface area contributed by atoms with Gasteiger partial charge in [-0.1, -0.05) is 6.92 Å². The third kappa shape index (κ3) is 1.61. The van der Waals surface area contributed by atoms with Gasteiger partial charge in [0.25, 0.3) is 0 Å². The van der Waals surface area contributed by atoms with E-state index in [0.717, 1.165) is 6.54 Å². The number of hydrogen-bond acceptors (Lipinski definition) is 2. The number of aromatic nitrogens is 2. The number of nitrogens with zero attached hydrogens (tertiary/aromatic N) is 2. The van der Waals surface area contributed by atoms with Crippen LogP contribution in [0.25, 0.3) is 0 Å². The van der Waals surface area contributed by atoms with Gasteiger partial charge in [0.2, 0.25) is 0 Å². The summed E-state index contributed by atoms with van der Waals surface area (Å²) in [6.07, 6.45) is 6.46. The summed E-state index contributed by atoms with van der Waals surface area (Å²) < 4.78 is 2.03. The first-order valence-corrected chi connectivity index (χ1v) is 5.02. The maximum Gasteiger partial charge on any atom is 0.0946 e. The van der Waals surface area contributed by atoms with E-state index in [2.05, 4.69) is 23.4 Å². The Morgan fingerprint density at radius 1 is 1.69 bits per heavy atom. The van der Waals surface area contributed by atoms with Crippen LogP contribution < -0.4 is 5.32 Å². The first kappa shape index (κ1) is 8.75. The Labute approximate surface area is 79.2 Å². The number of hydrogen-bond donors (Lipinski definition) is 1. The van der Waals surface area contributed by atoms with Gasteiger partial charge >= 0.3 is 0 Å². The van der Waals surface area contributed by atoms with Crippen molar-refractivity contribution in [3.8, 4) is 0 Å². The fraction of sp³-hybridized carbons (Fsp3) is 0.700. The molecule has 72 valence electrons. The predicted molar refractivity (Wildman–Crippen MR) is 52.6 cm³/mol. The molecule has 0 bridgehead atoms. The molecule has 0 amide bonds. The molecule has 1 saturated heterocycles. The Kier molecular flexibility index (Phi) is 2.36. The van der Waals surface area contributed by atoms with E-state index in [1.165, 1.54) is 18.5 Å². The van der Waals surface area contributed by atoms with Gasteiger partial charge < -0.3 is 9.88 Å². The van der Waals surface area contributed by atoms with Crippen LogP contribution in [0.1, 0.15) is 31.4 Å². The lowest BCUT2D eigenvalue weighted by atomic mass is 9.96. The van der Waals surface area contributed by atoms with Crippen LogP contribution in [0, 0.1) is 0 Å². The lowest BCUT2D eigenvalue weighted by molar-refractivity contribution is 0.524. The van der Waals surface area contributed by atoms with E-state index >= 15 is 0 Å². The minimum Gasteiger partial charge on any atom is -0.340 e. The normalized spacial score (nSPS) is 28.2.